The van der Waals surface area contributed by atoms with Crippen molar-refractivity contribution < 1.29 is 4.79 Å². The Morgan fingerprint density at radius 3 is 2.65 bits per heavy atom. The van der Waals surface area contributed by atoms with Gasteiger partial charge in [-0.3, -0.25) is 4.79 Å². The molecule has 1 heterocycles. The van der Waals surface area contributed by atoms with Gasteiger partial charge in [0.15, 0.2) is 0 Å². The van der Waals surface area contributed by atoms with Gasteiger partial charge >= 0.3 is 0 Å². The summed E-state index contributed by atoms with van der Waals surface area (Å²) in [4.78, 5) is 14.1. The van der Waals surface area contributed by atoms with Crippen molar-refractivity contribution in [3.8, 4) is 0 Å². The molecule has 0 aromatic carbocycles. The van der Waals surface area contributed by atoms with Crippen LogP contribution in [0.5, 0.6) is 0 Å². The van der Waals surface area contributed by atoms with Gasteiger partial charge in [-0.15, -0.1) is 0 Å². The van der Waals surface area contributed by atoms with Gasteiger partial charge in [0.25, 0.3) is 0 Å². The number of amides is 1. The van der Waals surface area contributed by atoms with Crippen molar-refractivity contribution >= 4 is 5.91 Å². The van der Waals surface area contributed by atoms with E-state index in [0.717, 1.165) is 13.1 Å². The van der Waals surface area contributed by atoms with Crippen molar-refractivity contribution in [1.82, 2.24) is 15.5 Å². The fraction of sp³-hybridized carbons (Fsp3) is 0.923. The monoisotopic (exact) mass is 241 g/mol. The fourth-order valence-corrected chi connectivity index (χ4v) is 2.10. The largest absolute Gasteiger partial charge is 0.354 e. The molecule has 1 aliphatic rings. The van der Waals surface area contributed by atoms with Crippen LogP contribution in [0.4, 0.5) is 0 Å². The smallest absolute Gasteiger partial charge is 0.236 e. The third-order valence-corrected chi connectivity index (χ3v) is 3.41. The van der Waals surface area contributed by atoms with E-state index in [4.69, 9.17) is 0 Å². The topological polar surface area (TPSA) is 44.4 Å². The molecular weight excluding hydrogens is 214 g/mol. The third kappa shape index (κ3) is 5.04. The Balaban J connectivity index is 2.19. The van der Waals surface area contributed by atoms with Crippen LogP contribution in [0.15, 0.2) is 0 Å². The molecule has 2 N–H and O–H groups in total. The SMILES string of the molecule is CC(C)CNC(=O)C(C)NCC1CCCN1C. The Kier molecular flexibility index (Phi) is 5.92. The summed E-state index contributed by atoms with van der Waals surface area (Å²) >= 11 is 0. The molecule has 1 aliphatic heterocycles. The molecule has 4 nitrogen and oxygen atoms in total. The lowest BCUT2D eigenvalue weighted by Gasteiger charge is -2.22. The van der Waals surface area contributed by atoms with E-state index in [1.165, 1.54) is 19.4 Å². The van der Waals surface area contributed by atoms with Crippen LogP contribution in [-0.2, 0) is 4.79 Å². The molecule has 0 saturated carbocycles. The molecule has 0 aromatic heterocycles. The molecule has 1 rings (SSSR count). The summed E-state index contributed by atoms with van der Waals surface area (Å²) in [7, 11) is 2.16. The summed E-state index contributed by atoms with van der Waals surface area (Å²) < 4.78 is 0. The minimum atomic E-state index is -0.0947. The lowest BCUT2D eigenvalue weighted by molar-refractivity contribution is -0.122. The van der Waals surface area contributed by atoms with Gasteiger partial charge in [0, 0.05) is 19.1 Å². The van der Waals surface area contributed by atoms with E-state index in [9.17, 15) is 4.79 Å². The van der Waals surface area contributed by atoms with Crippen LogP contribution in [0.2, 0.25) is 0 Å². The van der Waals surface area contributed by atoms with Gasteiger partial charge < -0.3 is 15.5 Å². The lowest BCUT2D eigenvalue weighted by atomic mass is 10.2. The highest BCUT2D eigenvalue weighted by Gasteiger charge is 2.22. The molecule has 17 heavy (non-hydrogen) atoms. The van der Waals surface area contributed by atoms with E-state index in [1.54, 1.807) is 0 Å². The zero-order valence-electron chi connectivity index (χ0n) is 11.6. The number of likely N-dealkylation sites (tertiary alicyclic amines) is 1. The minimum Gasteiger partial charge on any atom is -0.354 e. The molecule has 1 amide bonds. The zero-order chi connectivity index (χ0) is 12.8. The Bertz CT molecular complexity index is 243. The maximum atomic E-state index is 11.7. The number of likely N-dealkylation sites (N-methyl/N-ethyl adjacent to an activating group) is 1. The predicted molar refractivity (Wildman–Crippen MR) is 71.0 cm³/mol. The van der Waals surface area contributed by atoms with Gasteiger partial charge in [0.2, 0.25) is 5.91 Å². The summed E-state index contributed by atoms with van der Waals surface area (Å²) in [6.45, 7) is 8.99. The Hall–Kier alpha value is -0.610. The first-order valence-corrected chi connectivity index (χ1v) is 6.72. The van der Waals surface area contributed by atoms with Crippen LogP contribution in [0, 0.1) is 5.92 Å². The van der Waals surface area contributed by atoms with Gasteiger partial charge in [-0.05, 0) is 39.3 Å². The van der Waals surface area contributed by atoms with Gasteiger partial charge in [-0.1, -0.05) is 13.8 Å². The summed E-state index contributed by atoms with van der Waals surface area (Å²) in [6, 6.07) is 0.498. The van der Waals surface area contributed by atoms with Crippen LogP contribution in [0.25, 0.3) is 0 Å². The predicted octanol–water partition coefficient (Wildman–Crippen LogP) is 0.831. The van der Waals surface area contributed by atoms with Crippen LogP contribution >= 0.6 is 0 Å². The van der Waals surface area contributed by atoms with Gasteiger partial charge in [0.05, 0.1) is 6.04 Å². The molecule has 2 unspecified atom stereocenters. The number of carbonyl (C=O) groups is 1. The third-order valence-electron chi connectivity index (χ3n) is 3.41. The van der Waals surface area contributed by atoms with E-state index in [2.05, 4.69) is 36.4 Å². The Morgan fingerprint density at radius 1 is 1.41 bits per heavy atom. The number of rotatable bonds is 6. The molecule has 1 saturated heterocycles. The number of carbonyl (C=O) groups excluding carboxylic acids is 1. The highest BCUT2D eigenvalue weighted by atomic mass is 16.2. The maximum Gasteiger partial charge on any atom is 0.236 e. The molecule has 1 fully saturated rings. The average Bonchev–Trinajstić information content (AvgIpc) is 2.68. The Morgan fingerprint density at radius 2 is 2.12 bits per heavy atom. The molecule has 100 valence electrons. The quantitative estimate of drug-likeness (QED) is 0.724. The van der Waals surface area contributed by atoms with Crippen LogP contribution in [-0.4, -0.2) is 49.6 Å². The number of nitrogens with zero attached hydrogens (tertiary/aromatic N) is 1. The second-order valence-electron chi connectivity index (χ2n) is 5.55. The van der Waals surface area contributed by atoms with Crippen LogP contribution in [0.3, 0.4) is 0 Å². The zero-order valence-corrected chi connectivity index (χ0v) is 11.6. The van der Waals surface area contributed by atoms with Crippen molar-refractivity contribution in [3.05, 3.63) is 0 Å². The van der Waals surface area contributed by atoms with Crippen LogP contribution < -0.4 is 10.6 Å². The van der Waals surface area contributed by atoms with Crippen molar-refractivity contribution in [2.24, 2.45) is 5.92 Å². The summed E-state index contributed by atoms with van der Waals surface area (Å²) in [6.07, 6.45) is 2.51. The summed E-state index contributed by atoms with van der Waals surface area (Å²) in [5.41, 5.74) is 0. The number of hydrogen-bond acceptors (Lipinski definition) is 3. The molecule has 4 heteroatoms. The maximum absolute atomic E-state index is 11.7. The highest BCUT2D eigenvalue weighted by Crippen LogP contribution is 2.13. The van der Waals surface area contributed by atoms with E-state index in [1.807, 2.05) is 6.92 Å². The van der Waals surface area contributed by atoms with Gasteiger partial charge in [-0.2, -0.15) is 0 Å². The number of nitrogens with one attached hydrogen (secondary N) is 2. The molecule has 0 spiro atoms. The van der Waals surface area contributed by atoms with Gasteiger partial charge in [-0.25, -0.2) is 0 Å². The van der Waals surface area contributed by atoms with Crippen molar-refractivity contribution in [2.45, 2.75) is 45.7 Å². The highest BCUT2D eigenvalue weighted by molar-refractivity contribution is 5.81. The van der Waals surface area contributed by atoms with Crippen LogP contribution in [0.1, 0.15) is 33.6 Å². The molecule has 2 atom stereocenters. The number of hydrogen-bond donors (Lipinski definition) is 2. The molecule has 0 bridgehead atoms. The van der Waals surface area contributed by atoms with Crippen molar-refractivity contribution in [1.29, 1.82) is 0 Å². The normalized spacial score (nSPS) is 23.0. The van der Waals surface area contributed by atoms with E-state index >= 15 is 0 Å². The van der Waals surface area contributed by atoms with E-state index in [0.29, 0.717) is 12.0 Å². The van der Waals surface area contributed by atoms with E-state index < -0.39 is 0 Å². The fourth-order valence-electron chi connectivity index (χ4n) is 2.10. The molecular formula is C13H27N3O. The minimum absolute atomic E-state index is 0.0947. The first-order chi connectivity index (χ1) is 8.00. The molecule has 0 aromatic rings. The first kappa shape index (κ1) is 14.5. The standard InChI is InChI=1S/C13H27N3O/c1-10(2)8-15-13(17)11(3)14-9-12-6-5-7-16(12)4/h10-12,14H,5-9H2,1-4H3,(H,15,17). The first-order valence-electron chi connectivity index (χ1n) is 6.72. The van der Waals surface area contributed by atoms with Gasteiger partial charge in [0.1, 0.15) is 0 Å². The molecule has 0 radical (unpaired) electrons. The molecule has 0 aliphatic carbocycles. The summed E-state index contributed by atoms with van der Waals surface area (Å²) in [5.74, 6) is 0.617. The summed E-state index contributed by atoms with van der Waals surface area (Å²) in [5, 5.41) is 6.28. The second kappa shape index (κ2) is 6.97. The Labute approximate surface area is 105 Å². The van der Waals surface area contributed by atoms with Crippen molar-refractivity contribution in [2.75, 3.05) is 26.7 Å². The second-order valence-corrected chi connectivity index (χ2v) is 5.55. The lowest BCUT2D eigenvalue weighted by Crippen LogP contribution is -2.47. The average molecular weight is 241 g/mol. The van der Waals surface area contributed by atoms with E-state index in [-0.39, 0.29) is 11.9 Å². The van der Waals surface area contributed by atoms with Crippen molar-refractivity contribution in [3.63, 3.8) is 0 Å².